The van der Waals surface area contributed by atoms with Gasteiger partial charge in [-0.2, -0.15) is 0 Å². The summed E-state index contributed by atoms with van der Waals surface area (Å²) in [6.07, 6.45) is 5.35. The van der Waals surface area contributed by atoms with Crippen molar-refractivity contribution in [3.63, 3.8) is 0 Å². The Morgan fingerprint density at radius 1 is 1.23 bits per heavy atom. The molecule has 2 amide bonds. The Morgan fingerprint density at radius 3 is 2.63 bits per heavy atom. The van der Waals surface area contributed by atoms with Crippen molar-refractivity contribution in [1.29, 1.82) is 0 Å². The average molecular weight is 413 g/mol. The van der Waals surface area contributed by atoms with E-state index in [9.17, 15) is 9.59 Å². The van der Waals surface area contributed by atoms with Crippen molar-refractivity contribution in [3.05, 3.63) is 41.2 Å². The Labute approximate surface area is 175 Å². The molecule has 0 radical (unpaired) electrons. The van der Waals surface area contributed by atoms with Gasteiger partial charge in [0.2, 0.25) is 5.95 Å². The van der Waals surface area contributed by atoms with Crippen LogP contribution in [-0.2, 0) is 4.74 Å². The van der Waals surface area contributed by atoms with Gasteiger partial charge in [0.15, 0.2) is 0 Å². The first-order chi connectivity index (χ1) is 14.4. The van der Waals surface area contributed by atoms with Crippen molar-refractivity contribution in [1.82, 2.24) is 30.2 Å². The van der Waals surface area contributed by atoms with Crippen molar-refractivity contribution < 1.29 is 14.3 Å². The molecule has 1 atom stereocenters. The maximum atomic E-state index is 12.8. The van der Waals surface area contributed by atoms with E-state index in [0.717, 1.165) is 0 Å². The van der Waals surface area contributed by atoms with Crippen molar-refractivity contribution in [2.24, 2.45) is 0 Å². The zero-order valence-corrected chi connectivity index (χ0v) is 17.8. The molecule has 3 rings (SSSR count). The Morgan fingerprint density at radius 2 is 1.97 bits per heavy atom. The molecule has 1 fully saturated rings. The van der Waals surface area contributed by atoms with Crippen LogP contribution in [0.5, 0.6) is 0 Å². The molecule has 1 N–H and O–H groups in total. The summed E-state index contributed by atoms with van der Waals surface area (Å²) in [6.45, 7) is 3.63. The highest BCUT2D eigenvalue weighted by Crippen LogP contribution is 2.30. The topological polar surface area (TPSA) is 113 Å². The minimum Gasteiger partial charge on any atom is -0.383 e. The summed E-state index contributed by atoms with van der Waals surface area (Å²) in [5.41, 5.74) is 1.53. The number of aryl methyl sites for hydroxylation is 1. The third-order valence-electron chi connectivity index (χ3n) is 4.93. The molecule has 0 spiro atoms. The van der Waals surface area contributed by atoms with E-state index in [1.807, 2.05) is 14.1 Å². The van der Waals surface area contributed by atoms with E-state index in [4.69, 9.17) is 4.74 Å². The molecule has 10 nitrogen and oxygen atoms in total. The molecular formula is C20H27N7O3. The fourth-order valence-corrected chi connectivity index (χ4v) is 3.30. The van der Waals surface area contributed by atoms with Crippen LogP contribution in [0.25, 0.3) is 0 Å². The highest BCUT2D eigenvalue weighted by atomic mass is 16.5. The molecular weight excluding hydrogens is 386 g/mol. The first-order valence-electron chi connectivity index (χ1n) is 9.80. The van der Waals surface area contributed by atoms with Gasteiger partial charge >= 0.3 is 0 Å². The molecule has 1 saturated heterocycles. The van der Waals surface area contributed by atoms with Crippen LogP contribution in [0.1, 0.15) is 44.6 Å². The summed E-state index contributed by atoms with van der Waals surface area (Å²) in [7, 11) is 5.27. The molecule has 0 aromatic carbocycles. The van der Waals surface area contributed by atoms with Gasteiger partial charge in [-0.1, -0.05) is 0 Å². The first kappa shape index (κ1) is 21.6. The van der Waals surface area contributed by atoms with Crippen molar-refractivity contribution >= 4 is 17.8 Å². The molecule has 30 heavy (non-hydrogen) atoms. The molecule has 160 valence electrons. The zero-order valence-electron chi connectivity index (χ0n) is 17.8. The number of methoxy groups -OCH3 is 1. The number of nitrogens with zero attached hydrogens (tertiary/aromatic N) is 6. The van der Waals surface area contributed by atoms with Gasteiger partial charge in [-0.3, -0.25) is 9.59 Å². The fourth-order valence-electron chi connectivity index (χ4n) is 3.30. The Bertz CT molecular complexity index is 902. The van der Waals surface area contributed by atoms with Gasteiger partial charge in [-0.05, 0) is 13.3 Å². The fraction of sp³-hybridized carbons (Fsp3) is 0.500. The molecule has 2 aromatic heterocycles. The molecule has 0 aliphatic carbocycles. The molecule has 1 unspecified atom stereocenters. The number of anilines is 1. The van der Waals surface area contributed by atoms with E-state index in [1.165, 1.54) is 0 Å². The normalized spacial score (nSPS) is 15.9. The van der Waals surface area contributed by atoms with Crippen LogP contribution in [-0.4, -0.2) is 84.1 Å². The molecule has 10 heteroatoms. The lowest BCUT2D eigenvalue weighted by molar-refractivity contribution is 0.0789. The van der Waals surface area contributed by atoms with Gasteiger partial charge in [-0.15, -0.1) is 0 Å². The zero-order chi connectivity index (χ0) is 21.7. The van der Waals surface area contributed by atoms with Crippen LogP contribution in [0, 0.1) is 6.92 Å². The SMILES string of the molecule is COCCNC(=O)c1cnc(N(C)C)nc1C1CCN(C(=O)c2cnc(C)nc2)C1. The van der Waals surface area contributed by atoms with Gasteiger partial charge in [-0.25, -0.2) is 19.9 Å². The second kappa shape index (κ2) is 9.57. The molecule has 0 saturated carbocycles. The van der Waals surface area contributed by atoms with Crippen molar-refractivity contribution in [2.75, 3.05) is 52.3 Å². The van der Waals surface area contributed by atoms with Crippen LogP contribution in [0.15, 0.2) is 18.6 Å². The molecule has 0 bridgehead atoms. The quantitative estimate of drug-likeness (QED) is 0.658. The minimum atomic E-state index is -0.246. The summed E-state index contributed by atoms with van der Waals surface area (Å²) in [5.74, 6) is 0.710. The first-order valence-corrected chi connectivity index (χ1v) is 9.80. The summed E-state index contributed by atoms with van der Waals surface area (Å²) in [5, 5.41) is 2.82. The number of rotatable bonds is 7. The largest absolute Gasteiger partial charge is 0.383 e. The van der Waals surface area contributed by atoms with Gasteiger partial charge in [0.25, 0.3) is 11.8 Å². The van der Waals surface area contributed by atoms with Crippen LogP contribution in [0.4, 0.5) is 5.95 Å². The third-order valence-corrected chi connectivity index (χ3v) is 4.93. The van der Waals surface area contributed by atoms with Gasteiger partial charge in [0, 0.05) is 65.3 Å². The maximum Gasteiger partial charge on any atom is 0.257 e. The number of likely N-dealkylation sites (tertiary alicyclic amines) is 1. The number of amides is 2. The van der Waals surface area contributed by atoms with Crippen molar-refractivity contribution in [3.8, 4) is 0 Å². The van der Waals surface area contributed by atoms with Gasteiger partial charge in [0.1, 0.15) is 5.82 Å². The summed E-state index contributed by atoms with van der Waals surface area (Å²) < 4.78 is 4.99. The predicted molar refractivity (Wildman–Crippen MR) is 111 cm³/mol. The Balaban J connectivity index is 1.81. The number of carbonyl (C=O) groups excluding carboxylic acids is 2. The number of hydrogen-bond donors (Lipinski definition) is 1. The lowest BCUT2D eigenvalue weighted by atomic mass is 9.99. The predicted octanol–water partition coefficient (Wildman–Crippen LogP) is 0.647. The molecule has 1 aliphatic rings. The summed E-state index contributed by atoms with van der Waals surface area (Å²) in [4.78, 5) is 46.2. The van der Waals surface area contributed by atoms with Crippen LogP contribution >= 0.6 is 0 Å². The van der Waals surface area contributed by atoms with E-state index >= 15 is 0 Å². The third kappa shape index (κ3) is 4.88. The molecule has 3 heterocycles. The maximum absolute atomic E-state index is 12.8. The van der Waals surface area contributed by atoms with E-state index in [-0.39, 0.29) is 17.7 Å². The van der Waals surface area contributed by atoms with Crippen LogP contribution in [0.3, 0.4) is 0 Å². The monoisotopic (exact) mass is 413 g/mol. The Hall–Kier alpha value is -3.14. The number of nitrogens with one attached hydrogen (secondary N) is 1. The highest BCUT2D eigenvalue weighted by Gasteiger charge is 2.32. The lowest BCUT2D eigenvalue weighted by Crippen LogP contribution is -2.31. The highest BCUT2D eigenvalue weighted by molar-refractivity contribution is 5.96. The summed E-state index contributed by atoms with van der Waals surface area (Å²) >= 11 is 0. The number of ether oxygens (including phenoxy) is 1. The summed E-state index contributed by atoms with van der Waals surface area (Å²) in [6, 6.07) is 0. The van der Waals surface area contributed by atoms with Crippen LogP contribution < -0.4 is 10.2 Å². The minimum absolute atomic E-state index is 0.0646. The number of aromatic nitrogens is 4. The van der Waals surface area contributed by atoms with E-state index < -0.39 is 0 Å². The van der Waals surface area contributed by atoms with E-state index in [2.05, 4.69) is 25.3 Å². The lowest BCUT2D eigenvalue weighted by Gasteiger charge is -2.19. The Kier molecular flexibility index (Phi) is 6.88. The molecule has 1 aliphatic heterocycles. The van der Waals surface area contributed by atoms with E-state index in [0.29, 0.717) is 61.3 Å². The second-order valence-corrected chi connectivity index (χ2v) is 7.37. The average Bonchev–Trinajstić information content (AvgIpc) is 3.23. The van der Waals surface area contributed by atoms with E-state index in [1.54, 1.807) is 42.4 Å². The van der Waals surface area contributed by atoms with Gasteiger partial charge < -0.3 is 19.9 Å². The standard InChI is InChI=1S/C20H27N7O3/c1-13-22-9-15(10-23-13)19(29)27-7-5-14(12-27)17-16(18(28)21-6-8-30-4)11-24-20(25-17)26(2)3/h9-11,14H,5-8,12H2,1-4H3,(H,21,28). The number of hydrogen-bond acceptors (Lipinski definition) is 8. The van der Waals surface area contributed by atoms with Crippen molar-refractivity contribution in [2.45, 2.75) is 19.3 Å². The number of carbonyl (C=O) groups is 2. The second-order valence-electron chi connectivity index (χ2n) is 7.37. The smallest absolute Gasteiger partial charge is 0.257 e. The van der Waals surface area contributed by atoms with Gasteiger partial charge in [0.05, 0.1) is 23.4 Å². The molecule has 2 aromatic rings. The van der Waals surface area contributed by atoms with Crippen LogP contribution in [0.2, 0.25) is 0 Å².